The third-order valence-electron chi connectivity index (χ3n) is 5.62. The van der Waals surface area contributed by atoms with E-state index >= 15 is 0 Å². The summed E-state index contributed by atoms with van der Waals surface area (Å²) in [6, 6.07) is 9.24. The van der Waals surface area contributed by atoms with Crippen LogP contribution in [0.2, 0.25) is 0 Å². The van der Waals surface area contributed by atoms with Crippen LogP contribution < -0.4 is 5.32 Å². The van der Waals surface area contributed by atoms with Gasteiger partial charge in [-0.15, -0.1) is 0 Å². The highest BCUT2D eigenvalue weighted by Gasteiger charge is 2.19. The smallest absolute Gasteiger partial charge is 0.271 e. The van der Waals surface area contributed by atoms with Crippen molar-refractivity contribution in [2.75, 3.05) is 19.6 Å². The maximum absolute atomic E-state index is 13.1. The van der Waals surface area contributed by atoms with Gasteiger partial charge in [0.15, 0.2) is 0 Å². The first-order chi connectivity index (χ1) is 16.0. The SMILES string of the molecule is CCCN(CCNC(=O)c1cc(C)n(C(CC)CC)n1)C(=O)c1cccc(-c2ncon2)c1. The molecule has 0 fully saturated rings. The number of rotatable bonds is 11. The first-order valence-electron chi connectivity index (χ1n) is 11.5. The number of hydrogen-bond acceptors (Lipinski definition) is 6. The Hall–Kier alpha value is -3.49. The van der Waals surface area contributed by atoms with E-state index < -0.39 is 0 Å². The molecule has 1 N–H and O–H groups in total. The maximum Gasteiger partial charge on any atom is 0.271 e. The summed E-state index contributed by atoms with van der Waals surface area (Å²) in [7, 11) is 0. The van der Waals surface area contributed by atoms with Gasteiger partial charge in [0.05, 0.1) is 6.04 Å². The molecule has 0 bridgehead atoms. The van der Waals surface area contributed by atoms with Gasteiger partial charge in [0, 0.05) is 36.5 Å². The lowest BCUT2D eigenvalue weighted by Crippen LogP contribution is -2.39. The molecule has 2 aromatic heterocycles. The topological polar surface area (TPSA) is 106 Å². The number of hydrogen-bond donors (Lipinski definition) is 1. The number of nitrogens with zero attached hydrogens (tertiary/aromatic N) is 5. The molecule has 3 rings (SSSR count). The third-order valence-corrected chi connectivity index (χ3v) is 5.62. The van der Waals surface area contributed by atoms with Crippen LogP contribution in [0.1, 0.15) is 72.6 Å². The fourth-order valence-electron chi connectivity index (χ4n) is 3.85. The summed E-state index contributed by atoms with van der Waals surface area (Å²) in [5.41, 5.74) is 2.62. The predicted octanol–water partition coefficient (Wildman–Crippen LogP) is 3.88. The Bertz CT molecular complexity index is 1060. The molecule has 0 saturated carbocycles. The van der Waals surface area contributed by atoms with Crippen LogP contribution in [0.5, 0.6) is 0 Å². The van der Waals surface area contributed by atoms with E-state index in [1.54, 1.807) is 23.1 Å². The second-order valence-corrected chi connectivity index (χ2v) is 7.97. The zero-order valence-electron chi connectivity index (χ0n) is 19.7. The minimum Gasteiger partial charge on any atom is -0.349 e. The average Bonchev–Trinajstić information content (AvgIpc) is 3.50. The Morgan fingerprint density at radius 2 is 1.94 bits per heavy atom. The second-order valence-electron chi connectivity index (χ2n) is 7.97. The molecule has 0 radical (unpaired) electrons. The summed E-state index contributed by atoms with van der Waals surface area (Å²) < 4.78 is 6.73. The van der Waals surface area contributed by atoms with Gasteiger partial charge in [-0.05, 0) is 44.4 Å². The van der Waals surface area contributed by atoms with Gasteiger partial charge in [-0.25, -0.2) is 0 Å². The number of carbonyl (C=O) groups excluding carboxylic acids is 2. The van der Waals surface area contributed by atoms with Gasteiger partial charge in [0.25, 0.3) is 11.8 Å². The van der Waals surface area contributed by atoms with Gasteiger partial charge in [0.1, 0.15) is 5.69 Å². The molecule has 9 nitrogen and oxygen atoms in total. The molecule has 33 heavy (non-hydrogen) atoms. The summed E-state index contributed by atoms with van der Waals surface area (Å²) in [6.07, 6.45) is 3.98. The zero-order valence-corrected chi connectivity index (χ0v) is 19.7. The van der Waals surface area contributed by atoms with Crippen molar-refractivity contribution in [2.45, 2.75) is 53.0 Å². The lowest BCUT2D eigenvalue weighted by molar-refractivity contribution is 0.0748. The molecule has 1 aromatic carbocycles. The molecule has 0 spiro atoms. The van der Waals surface area contributed by atoms with Crippen molar-refractivity contribution >= 4 is 11.8 Å². The average molecular weight is 453 g/mol. The summed E-state index contributed by atoms with van der Waals surface area (Å²) in [5, 5.41) is 11.2. The van der Waals surface area contributed by atoms with Crippen molar-refractivity contribution in [3.63, 3.8) is 0 Å². The summed E-state index contributed by atoms with van der Waals surface area (Å²) in [5.74, 6) is 0.0955. The molecule has 0 aliphatic rings. The van der Waals surface area contributed by atoms with Crippen molar-refractivity contribution in [3.05, 3.63) is 53.7 Å². The van der Waals surface area contributed by atoms with E-state index in [9.17, 15) is 9.59 Å². The van der Waals surface area contributed by atoms with Crippen molar-refractivity contribution < 1.29 is 14.1 Å². The van der Waals surface area contributed by atoms with Crippen molar-refractivity contribution in [1.29, 1.82) is 0 Å². The van der Waals surface area contributed by atoms with Crippen LogP contribution in [0, 0.1) is 6.92 Å². The van der Waals surface area contributed by atoms with E-state index in [2.05, 4.69) is 34.4 Å². The molecule has 0 atom stereocenters. The first-order valence-corrected chi connectivity index (χ1v) is 11.5. The molecule has 2 heterocycles. The molecule has 0 unspecified atom stereocenters. The van der Waals surface area contributed by atoms with E-state index in [4.69, 9.17) is 4.52 Å². The quantitative estimate of drug-likeness (QED) is 0.473. The highest BCUT2D eigenvalue weighted by atomic mass is 16.5. The second kappa shape index (κ2) is 11.4. The van der Waals surface area contributed by atoms with Crippen molar-refractivity contribution in [2.24, 2.45) is 0 Å². The third kappa shape index (κ3) is 5.85. The maximum atomic E-state index is 13.1. The normalized spacial score (nSPS) is 11.1. The molecule has 0 aliphatic heterocycles. The zero-order chi connectivity index (χ0) is 23.8. The van der Waals surface area contributed by atoms with Crippen LogP contribution in [-0.2, 0) is 0 Å². The Balaban J connectivity index is 1.63. The molecule has 9 heteroatoms. The van der Waals surface area contributed by atoms with Gasteiger partial charge in [-0.1, -0.05) is 38.1 Å². The van der Waals surface area contributed by atoms with Gasteiger partial charge in [-0.3, -0.25) is 14.3 Å². The Labute approximate surface area is 194 Å². The minimum absolute atomic E-state index is 0.106. The van der Waals surface area contributed by atoms with Crippen LogP contribution in [0.4, 0.5) is 0 Å². The fourth-order valence-corrected chi connectivity index (χ4v) is 3.85. The highest BCUT2D eigenvalue weighted by molar-refractivity contribution is 5.95. The summed E-state index contributed by atoms with van der Waals surface area (Å²) >= 11 is 0. The van der Waals surface area contributed by atoms with E-state index in [0.29, 0.717) is 42.3 Å². The van der Waals surface area contributed by atoms with E-state index in [1.165, 1.54) is 6.39 Å². The van der Waals surface area contributed by atoms with Crippen molar-refractivity contribution in [3.8, 4) is 11.4 Å². The van der Waals surface area contributed by atoms with Crippen LogP contribution >= 0.6 is 0 Å². The molecule has 0 saturated heterocycles. The molecule has 3 aromatic rings. The molecule has 2 amide bonds. The molecule has 176 valence electrons. The van der Waals surface area contributed by atoms with Crippen molar-refractivity contribution in [1.82, 2.24) is 30.1 Å². The lowest BCUT2D eigenvalue weighted by Gasteiger charge is -2.22. The number of aromatic nitrogens is 4. The van der Waals surface area contributed by atoms with Crippen LogP contribution in [0.25, 0.3) is 11.4 Å². The number of nitrogens with one attached hydrogen (secondary N) is 1. The standard InChI is InChI=1S/C24H32N6O3/c1-5-12-29(24(32)19-10-8-9-18(15-19)22-26-16-33-28-22)13-11-25-23(31)21-14-17(4)30(27-21)20(6-2)7-3/h8-10,14-16,20H,5-7,11-13H2,1-4H3,(H,25,31). The van der Waals surface area contributed by atoms with Gasteiger partial charge >= 0.3 is 0 Å². The number of amides is 2. The van der Waals surface area contributed by atoms with E-state index in [-0.39, 0.29) is 17.9 Å². The van der Waals surface area contributed by atoms with Gasteiger partial charge < -0.3 is 14.7 Å². The number of benzene rings is 1. The Morgan fingerprint density at radius 3 is 2.61 bits per heavy atom. The number of carbonyl (C=O) groups is 2. The largest absolute Gasteiger partial charge is 0.349 e. The van der Waals surface area contributed by atoms with Crippen LogP contribution in [0.3, 0.4) is 0 Å². The number of aryl methyl sites for hydroxylation is 1. The predicted molar refractivity (Wildman–Crippen MR) is 125 cm³/mol. The highest BCUT2D eigenvalue weighted by Crippen LogP contribution is 2.19. The minimum atomic E-state index is -0.231. The first kappa shape index (κ1) is 24.2. The monoisotopic (exact) mass is 452 g/mol. The van der Waals surface area contributed by atoms with E-state index in [0.717, 1.165) is 25.0 Å². The van der Waals surface area contributed by atoms with Gasteiger partial charge in [0.2, 0.25) is 12.2 Å². The van der Waals surface area contributed by atoms with E-state index in [1.807, 2.05) is 30.7 Å². The Kier molecular flexibility index (Phi) is 8.34. The lowest BCUT2D eigenvalue weighted by atomic mass is 10.1. The fraction of sp³-hybridized carbons (Fsp3) is 0.458. The molecule has 0 aliphatic carbocycles. The molecular weight excluding hydrogens is 420 g/mol. The summed E-state index contributed by atoms with van der Waals surface area (Å²) in [6.45, 7) is 9.54. The Morgan fingerprint density at radius 1 is 1.15 bits per heavy atom. The summed E-state index contributed by atoms with van der Waals surface area (Å²) in [4.78, 5) is 31.6. The van der Waals surface area contributed by atoms with Crippen LogP contribution in [-0.4, -0.2) is 56.3 Å². The van der Waals surface area contributed by atoms with Gasteiger partial charge in [-0.2, -0.15) is 10.1 Å². The van der Waals surface area contributed by atoms with Crippen LogP contribution in [0.15, 0.2) is 41.2 Å². The molecular formula is C24H32N6O3.